The summed E-state index contributed by atoms with van der Waals surface area (Å²) in [5, 5.41) is 0. The van der Waals surface area contributed by atoms with Crippen molar-refractivity contribution in [1.82, 2.24) is 0 Å². The van der Waals surface area contributed by atoms with Crippen LogP contribution in [0.15, 0.2) is 48.5 Å². The van der Waals surface area contributed by atoms with E-state index in [2.05, 4.69) is 0 Å². The van der Waals surface area contributed by atoms with Gasteiger partial charge in [-0.05, 0) is 35.2 Å². The Morgan fingerprint density at radius 2 is 1.35 bits per heavy atom. The Bertz CT molecular complexity index is 556. The van der Waals surface area contributed by atoms with Crippen LogP contribution in [0.3, 0.4) is 0 Å². The van der Waals surface area contributed by atoms with Crippen LogP contribution in [0.25, 0.3) is 11.1 Å². The summed E-state index contributed by atoms with van der Waals surface area (Å²) in [7, 11) is 0. The lowest BCUT2D eigenvalue weighted by Gasteiger charge is -2.11. The Balaban J connectivity index is 2.24. The fourth-order valence-corrected chi connectivity index (χ4v) is 2.01. The van der Waals surface area contributed by atoms with Crippen LogP contribution in [0.5, 0.6) is 0 Å². The maximum absolute atomic E-state index is 12.5. The normalized spacial score (nSPS) is 13.2. The highest BCUT2D eigenvalue weighted by Gasteiger charge is 2.29. The van der Waals surface area contributed by atoms with Crippen LogP contribution < -0.4 is 5.73 Å². The number of benzene rings is 2. The zero-order valence-corrected chi connectivity index (χ0v) is 11.1. The lowest BCUT2D eigenvalue weighted by molar-refractivity contribution is -0.137. The second kappa shape index (κ2) is 5.67. The molecule has 0 aliphatic heterocycles. The summed E-state index contributed by atoms with van der Waals surface area (Å²) in [6.45, 7) is 2.01. The van der Waals surface area contributed by atoms with E-state index in [1.54, 1.807) is 0 Å². The van der Waals surface area contributed by atoms with Gasteiger partial charge in [-0.2, -0.15) is 13.2 Å². The van der Waals surface area contributed by atoms with E-state index in [0.717, 1.165) is 35.2 Å². The predicted octanol–water partition coefficient (Wildman–Crippen LogP) is 4.78. The van der Waals surface area contributed by atoms with Gasteiger partial charge in [0.25, 0.3) is 0 Å². The number of rotatable bonds is 3. The Morgan fingerprint density at radius 3 is 1.75 bits per heavy atom. The summed E-state index contributed by atoms with van der Waals surface area (Å²) < 4.78 is 37.5. The number of hydrogen-bond acceptors (Lipinski definition) is 1. The van der Waals surface area contributed by atoms with Gasteiger partial charge in [0.15, 0.2) is 0 Å². The Morgan fingerprint density at radius 1 is 0.900 bits per heavy atom. The van der Waals surface area contributed by atoms with Crippen LogP contribution >= 0.6 is 0 Å². The number of nitrogens with two attached hydrogens (primary N) is 1. The minimum absolute atomic E-state index is 0.00310. The number of hydrogen-bond donors (Lipinski definition) is 1. The maximum atomic E-state index is 12.5. The molecule has 1 atom stereocenters. The molecule has 20 heavy (non-hydrogen) atoms. The van der Waals surface area contributed by atoms with E-state index in [9.17, 15) is 13.2 Å². The summed E-state index contributed by atoms with van der Waals surface area (Å²) in [4.78, 5) is 0. The molecule has 0 bridgehead atoms. The van der Waals surface area contributed by atoms with Crippen molar-refractivity contribution in [3.63, 3.8) is 0 Å². The van der Waals surface area contributed by atoms with Crippen molar-refractivity contribution in [1.29, 1.82) is 0 Å². The number of alkyl halides is 3. The minimum atomic E-state index is -4.30. The third-order valence-corrected chi connectivity index (χ3v) is 3.32. The van der Waals surface area contributed by atoms with E-state index in [1.807, 2.05) is 31.2 Å². The molecular formula is C16H16F3N. The van der Waals surface area contributed by atoms with Gasteiger partial charge in [-0.1, -0.05) is 43.3 Å². The first-order valence-corrected chi connectivity index (χ1v) is 6.45. The van der Waals surface area contributed by atoms with Crippen molar-refractivity contribution in [2.45, 2.75) is 25.6 Å². The molecule has 106 valence electrons. The molecule has 2 rings (SSSR count). The fourth-order valence-electron chi connectivity index (χ4n) is 2.01. The largest absolute Gasteiger partial charge is 0.416 e. The highest BCUT2D eigenvalue weighted by atomic mass is 19.4. The van der Waals surface area contributed by atoms with Gasteiger partial charge >= 0.3 is 6.18 Å². The van der Waals surface area contributed by atoms with Crippen molar-refractivity contribution in [2.24, 2.45) is 5.73 Å². The van der Waals surface area contributed by atoms with E-state index in [-0.39, 0.29) is 6.04 Å². The highest BCUT2D eigenvalue weighted by molar-refractivity contribution is 5.64. The van der Waals surface area contributed by atoms with Gasteiger partial charge in [0.05, 0.1) is 5.56 Å². The van der Waals surface area contributed by atoms with Gasteiger partial charge in [-0.25, -0.2) is 0 Å². The molecule has 0 fully saturated rings. The van der Waals surface area contributed by atoms with Gasteiger partial charge < -0.3 is 5.73 Å². The van der Waals surface area contributed by atoms with Crippen molar-refractivity contribution >= 4 is 0 Å². The first-order valence-electron chi connectivity index (χ1n) is 6.45. The zero-order valence-electron chi connectivity index (χ0n) is 11.1. The van der Waals surface area contributed by atoms with Crippen molar-refractivity contribution in [3.05, 3.63) is 59.7 Å². The average molecular weight is 279 g/mol. The third kappa shape index (κ3) is 3.20. The molecule has 2 aromatic rings. The first-order chi connectivity index (χ1) is 9.41. The predicted molar refractivity (Wildman–Crippen MR) is 74.1 cm³/mol. The van der Waals surface area contributed by atoms with E-state index in [0.29, 0.717) is 0 Å². The van der Waals surface area contributed by atoms with Crippen molar-refractivity contribution < 1.29 is 13.2 Å². The van der Waals surface area contributed by atoms with Gasteiger partial charge in [-0.3, -0.25) is 0 Å². The molecule has 0 aromatic heterocycles. The molecule has 0 saturated heterocycles. The SMILES string of the molecule is CCC(N)c1ccc(-c2ccc(C(F)(F)F)cc2)cc1. The molecule has 2 aromatic carbocycles. The Hall–Kier alpha value is -1.81. The molecule has 0 amide bonds. The summed E-state index contributed by atoms with van der Waals surface area (Å²) in [5.41, 5.74) is 7.96. The van der Waals surface area contributed by atoms with Crippen LogP contribution in [0.1, 0.15) is 30.5 Å². The van der Waals surface area contributed by atoms with Crippen LogP contribution in [0.2, 0.25) is 0 Å². The van der Waals surface area contributed by atoms with Gasteiger partial charge in [-0.15, -0.1) is 0 Å². The lowest BCUT2D eigenvalue weighted by atomic mass is 9.99. The summed E-state index contributed by atoms with van der Waals surface area (Å²) in [6.07, 6.45) is -3.45. The first kappa shape index (κ1) is 14.6. The van der Waals surface area contributed by atoms with Gasteiger partial charge in [0.1, 0.15) is 0 Å². The molecule has 0 spiro atoms. The van der Waals surface area contributed by atoms with E-state index in [4.69, 9.17) is 5.73 Å². The van der Waals surface area contributed by atoms with E-state index in [1.165, 1.54) is 12.1 Å². The second-order valence-corrected chi connectivity index (χ2v) is 4.71. The molecule has 0 radical (unpaired) electrons. The third-order valence-electron chi connectivity index (χ3n) is 3.32. The van der Waals surface area contributed by atoms with E-state index < -0.39 is 11.7 Å². The van der Waals surface area contributed by atoms with Crippen molar-refractivity contribution in [3.8, 4) is 11.1 Å². The minimum Gasteiger partial charge on any atom is -0.324 e. The standard InChI is InChI=1S/C16H16F3N/c1-2-15(20)13-5-3-11(4-6-13)12-7-9-14(10-8-12)16(17,18)19/h3-10,15H,2,20H2,1H3. The smallest absolute Gasteiger partial charge is 0.324 e. The molecule has 1 unspecified atom stereocenters. The summed E-state index contributed by atoms with van der Waals surface area (Å²) in [5.74, 6) is 0. The molecule has 1 nitrogen and oxygen atoms in total. The highest BCUT2D eigenvalue weighted by Crippen LogP contribution is 2.31. The monoisotopic (exact) mass is 279 g/mol. The second-order valence-electron chi connectivity index (χ2n) is 4.71. The lowest BCUT2D eigenvalue weighted by Crippen LogP contribution is -2.08. The summed E-state index contributed by atoms with van der Waals surface area (Å²) in [6, 6.07) is 12.8. The molecular weight excluding hydrogens is 263 g/mol. The van der Waals surface area contributed by atoms with Crippen LogP contribution in [-0.4, -0.2) is 0 Å². The van der Waals surface area contributed by atoms with Gasteiger partial charge in [0, 0.05) is 6.04 Å². The molecule has 2 N–H and O–H groups in total. The molecule has 0 saturated carbocycles. The Kier molecular flexibility index (Phi) is 4.14. The van der Waals surface area contributed by atoms with Gasteiger partial charge in [0.2, 0.25) is 0 Å². The Labute approximate surface area is 116 Å². The molecule has 4 heteroatoms. The topological polar surface area (TPSA) is 26.0 Å². The zero-order chi connectivity index (χ0) is 14.8. The number of halogens is 3. The van der Waals surface area contributed by atoms with Crippen LogP contribution in [-0.2, 0) is 6.18 Å². The van der Waals surface area contributed by atoms with Crippen LogP contribution in [0.4, 0.5) is 13.2 Å². The van der Waals surface area contributed by atoms with Crippen molar-refractivity contribution in [2.75, 3.05) is 0 Å². The average Bonchev–Trinajstić information content (AvgIpc) is 2.46. The van der Waals surface area contributed by atoms with Crippen LogP contribution in [0, 0.1) is 0 Å². The molecule has 0 aliphatic carbocycles. The molecule has 0 aliphatic rings. The van der Waals surface area contributed by atoms with E-state index >= 15 is 0 Å². The molecule has 0 heterocycles. The summed E-state index contributed by atoms with van der Waals surface area (Å²) >= 11 is 0. The fraction of sp³-hybridized carbons (Fsp3) is 0.250. The quantitative estimate of drug-likeness (QED) is 0.859. The maximum Gasteiger partial charge on any atom is 0.416 e.